The summed E-state index contributed by atoms with van der Waals surface area (Å²) in [4.78, 5) is 0. The van der Waals surface area contributed by atoms with Crippen molar-refractivity contribution in [2.75, 3.05) is 0 Å². The first-order chi connectivity index (χ1) is 7.25. The van der Waals surface area contributed by atoms with Gasteiger partial charge in [0.05, 0.1) is 0 Å². The van der Waals surface area contributed by atoms with E-state index in [0.29, 0.717) is 0 Å². The summed E-state index contributed by atoms with van der Waals surface area (Å²) in [6.45, 7) is 2.13. The van der Waals surface area contributed by atoms with Crippen molar-refractivity contribution in [1.82, 2.24) is 10.2 Å². The maximum absolute atomic E-state index is 4.05. The van der Waals surface area contributed by atoms with Gasteiger partial charge in [-0.05, 0) is 34.0 Å². The molecule has 78 valence electrons. The van der Waals surface area contributed by atoms with Crippen LogP contribution in [-0.2, 0) is 5.75 Å². The Morgan fingerprint density at radius 3 is 2.80 bits per heavy atom. The second-order valence-corrected chi connectivity index (χ2v) is 6.51. The second kappa shape index (κ2) is 5.09. The molecule has 0 N–H and O–H groups in total. The lowest BCUT2D eigenvalue weighted by molar-refractivity contribution is 0.997. The molecular formula is C10H9BrN2S2. The fourth-order valence-corrected chi connectivity index (χ4v) is 3.68. The van der Waals surface area contributed by atoms with Gasteiger partial charge in [-0.25, -0.2) is 0 Å². The average molecular weight is 301 g/mol. The SMILES string of the molecule is Cc1ccccc1CSc1nnc(Br)s1. The summed E-state index contributed by atoms with van der Waals surface area (Å²) in [5.74, 6) is 0.953. The number of halogens is 1. The molecule has 1 aromatic heterocycles. The first-order valence-electron chi connectivity index (χ1n) is 4.42. The maximum atomic E-state index is 4.05. The van der Waals surface area contributed by atoms with E-state index in [4.69, 9.17) is 0 Å². The van der Waals surface area contributed by atoms with Crippen LogP contribution in [0.3, 0.4) is 0 Å². The highest BCUT2D eigenvalue weighted by molar-refractivity contribution is 9.11. The van der Waals surface area contributed by atoms with E-state index >= 15 is 0 Å². The minimum atomic E-state index is 0.842. The number of aryl methyl sites for hydroxylation is 1. The molecule has 0 aliphatic rings. The normalized spacial score (nSPS) is 10.5. The number of hydrogen-bond acceptors (Lipinski definition) is 4. The largest absolute Gasteiger partial charge is 0.184 e. The molecule has 2 nitrogen and oxygen atoms in total. The van der Waals surface area contributed by atoms with E-state index < -0.39 is 0 Å². The number of nitrogens with zero attached hydrogens (tertiary/aromatic N) is 2. The molecule has 0 unspecified atom stereocenters. The van der Waals surface area contributed by atoms with Gasteiger partial charge in [0.25, 0.3) is 0 Å². The Labute approximate surface area is 105 Å². The van der Waals surface area contributed by atoms with Crippen LogP contribution in [0.15, 0.2) is 32.5 Å². The fraction of sp³-hybridized carbons (Fsp3) is 0.200. The number of benzene rings is 1. The van der Waals surface area contributed by atoms with Crippen LogP contribution < -0.4 is 0 Å². The van der Waals surface area contributed by atoms with E-state index in [1.54, 1.807) is 23.1 Å². The topological polar surface area (TPSA) is 25.8 Å². The zero-order valence-corrected chi connectivity index (χ0v) is 11.3. The summed E-state index contributed by atoms with van der Waals surface area (Å²) in [5, 5.41) is 7.96. The highest BCUT2D eigenvalue weighted by atomic mass is 79.9. The summed E-state index contributed by atoms with van der Waals surface area (Å²) in [6, 6.07) is 8.41. The molecular weight excluding hydrogens is 292 g/mol. The van der Waals surface area contributed by atoms with Gasteiger partial charge >= 0.3 is 0 Å². The summed E-state index contributed by atoms with van der Waals surface area (Å²) < 4.78 is 1.85. The van der Waals surface area contributed by atoms with Crippen LogP contribution in [0.1, 0.15) is 11.1 Å². The Bertz CT molecular complexity index is 456. The number of aromatic nitrogens is 2. The molecule has 2 aromatic rings. The predicted octanol–water partition coefficient (Wildman–Crippen LogP) is 3.90. The highest BCUT2D eigenvalue weighted by Gasteiger charge is 2.03. The van der Waals surface area contributed by atoms with E-state index in [1.807, 2.05) is 0 Å². The highest BCUT2D eigenvalue weighted by Crippen LogP contribution is 2.28. The van der Waals surface area contributed by atoms with Crippen LogP contribution in [-0.4, -0.2) is 10.2 Å². The lowest BCUT2D eigenvalue weighted by Crippen LogP contribution is -1.84. The van der Waals surface area contributed by atoms with E-state index in [-0.39, 0.29) is 0 Å². The second-order valence-electron chi connectivity index (χ2n) is 3.04. The molecule has 0 radical (unpaired) electrons. The summed E-state index contributed by atoms with van der Waals surface area (Å²) >= 11 is 6.60. The monoisotopic (exact) mass is 300 g/mol. The molecule has 1 aromatic carbocycles. The van der Waals surface area contributed by atoms with Crippen molar-refractivity contribution in [1.29, 1.82) is 0 Å². The first kappa shape index (κ1) is 11.1. The molecule has 0 fully saturated rings. The van der Waals surface area contributed by atoms with Gasteiger partial charge in [-0.2, -0.15) is 0 Å². The molecule has 0 atom stereocenters. The van der Waals surface area contributed by atoms with Crippen molar-refractivity contribution in [3.63, 3.8) is 0 Å². The van der Waals surface area contributed by atoms with Gasteiger partial charge in [0.15, 0.2) is 8.26 Å². The molecule has 0 aliphatic heterocycles. The number of rotatable bonds is 3. The Morgan fingerprint density at radius 1 is 1.33 bits per heavy atom. The van der Waals surface area contributed by atoms with Crippen LogP contribution in [0, 0.1) is 6.92 Å². The zero-order valence-electron chi connectivity index (χ0n) is 8.11. The first-order valence-corrected chi connectivity index (χ1v) is 7.01. The Morgan fingerprint density at radius 2 is 2.13 bits per heavy atom. The van der Waals surface area contributed by atoms with Gasteiger partial charge in [-0.1, -0.05) is 47.4 Å². The van der Waals surface area contributed by atoms with Crippen molar-refractivity contribution < 1.29 is 0 Å². The van der Waals surface area contributed by atoms with Gasteiger partial charge in [0.1, 0.15) is 0 Å². The van der Waals surface area contributed by atoms with Gasteiger partial charge in [0.2, 0.25) is 0 Å². The summed E-state index contributed by atoms with van der Waals surface area (Å²) in [5.41, 5.74) is 2.68. The molecule has 0 bridgehead atoms. The standard InChI is InChI=1S/C10H9BrN2S2/c1-7-4-2-3-5-8(7)6-14-10-13-12-9(11)15-10/h2-5H,6H2,1H3. The Hall–Kier alpha value is -0.390. The lowest BCUT2D eigenvalue weighted by atomic mass is 10.1. The smallest absolute Gasteiger partial charge is 0.131 e. The molecule has 0 spiro atoms. The predicted molar refractivity (Wildman–Crippen MR) is 68.3 cm³/mol. The quantitative estimate of drug-likeness (QED) is 0.804. The minimum absolute atomic E-state index is 0.842. The third kappa shape index (κ3) is 3.03. The molecule has 0 saturated carbocycles. The Kier molecular flexibility index (Phi) is 3.77. The van der Waals surface area contributed by atoms with E-state index in [1.165, 1.54) is 11.1 Å². The van der Waals surface area contributed by atoms with Crippen molar-refractivity contribution in [3.8, 4) is 0 Å². The molecule has 2 rings (SSSR count). The van der Waals surface area contributed by atoms with Crippen molar-refractivity contribution in [2.45, 2.75) is 17.0 Å². The summed E-state index contributed by atoms with van der Waals surface area (Å²) in [6.07, 6.45) is 0. The van der Waals surface area contributed by atoms with Crippen molar-refractivity contribution >= 4 is 39.0 Å². The van der Waals surface area contributed by atoms with E-state index in [9.17, 15) is 0 Å². The van der Waals surface area contributed by atoms with Crippen molar-refractivity contribution in [3.05, 3.63) is 39.3 Å². The van der Waals surface area contributed by atoms with E-state index in [2.05, 4.69) is 57.3 Å². The molecule has 15 heavy (non-hydrogen) atoms. The summed E-state index contributed by atoms with van der Waals surface area (Å²) in [7, 11) is 0. The van der Waals surface area contributed by atoms with Crippen LogP contribution in [0.4, 0.5) is 0 Å². The number of thioether (sulfide) groups is 1. The van der Waals surface area contributed by atoms with Crippen LogP contribution in [0.25, 0.3) is 0 Å². The number of hydrogen-bond donors (Lipinski definition) is 0. The molecule has 5 heteroatoms. The van der Waals surface area contributed by atoms with Gasteiger partial charge < -0.3 is 0 Å². The third-order valence-corrected chi connectivity index (χ3v) is 4.53. The van der Waals surface area contributed by atoms with Gasteiger partial charge in [-0.15, -0.1) is 10.2 Å². The molecule has 0 saturated heterocycles. The fourth-order valence-electron chi connectivity index (χ4n) is 1.16. The Balaban J connectivity index is 2.02. The third-order valence-electron chi connectivity index (χ3n) is 1.99. The van der Waals surface area contributed by atoms with Gasteiger partial charge in [-0.3, -0.25) is 0 Å². The molecule has 1 heterocycles. The maximum Gasteiger partial charge on any atom is 0.184 e. The average Bonchev–Trinajstić information content (AvgIpc) is 2.63. The van der Waals surface area contributed by atoms with Crippen LogP contribution in [0.5, 0.6) is 0 Å². The molecule has 0 aliphatic carbocycles. The van der Waals surface area contributed by atoms with Crippen LogP contribution >= 0.6 is 39.0 Å². The zero-order chi connectivity index (χ0) is 10.7. The van der Waals surface area contributed by atoms with Gasteiger partial charge in [0, 0.05) is 5.75 Å². The van der Waals surface area contributed by atoms with Crippen LogP contribution in [0.2, 0.25) is 0 Å². The van der Waals surface area contributed by atoms with Crippen molar-refractivity contribution in [2.24, 2.45) is 0 Å². The lowest BCUT2D eigenvalue weighted by Gasteiger charge is -2.02. The molecule has 0 amide bonds. The van der Waals surface area contributed by atoms with E-state index in [0.717, 1.165) is 14.0 Å². The minimum Gasteiger partial charge on any atom is -0.131 e.